The molecule has 4 heteroatoms. The van der Waals surface area contributed by atoms with Gasteiger partial charge in [0, 0.05) is 18.7 Å². The van der Waals surface area contributed by atoms with Crippen LogP contribution in [0.5, 0.6) is 0 Å². The quantitative estimate of drug-likeness (QED) is 0.847. The zero-order valence-electron chi connectivity index (χ0n) is 13.7. The summed E-state index contributed by atoms with van der Waals surface area (Å²) in [5.74, 6) is -0.539. The largest absolute Gasteiger partial charge is 0.348 e. The predicted octanol–water partition coefficient (Wildman–Crippen LogP) is 3.60. The van der Waals surface area contributed by atoms with E-state index >= 15 is 0 Å². The molecule has 122 valence electrons. The molecule has 0 aromatic heterocycles. The lowest BCUT2D eigenvalue weighted by atomic mass is 10.1. The second-order valence-corrected chi connectivity index (χ2v) is 5.47. The Bertz CT molecular complexity index is 619. The molecule has 2 rings (SSSR count). The lowest BCUT2D eigenvalue weighted by Crippen LogP contribution is -2.23. The number of amides is 1. The van der Waals surface area contributed by atoms with Crippen molar-refractivity contribution < 1.29 is 9.18 Å². The van der Waals surface area contributed by atoms with Crippen molar-refractivity contribution in [2.75, 3.05) is 13.1 Å². The highest BCUT2D eigenvalue weighted by Crippen LogP contribution is 2.08. The minimum Gasteiger partial charge on any atom is -0.348 e. The summed E-state index contributed by atoms with van der Waals surface area (Å²) >= 11 is 0. The van der Waals surface area contributed by atoms with Crippen molar-refractivity contribution in [1.82, 2.24) is 10.2 Å². The Balaban J connectivity index is 1.88. The standard InChI is InChI=1S/C19H23FN2O/c1-3-22(4-2)14-16-7-5-15(6-8-16)13-21-19(23)17-9-11-18(20)12-10-17/h5-12H,3-4,13-14H2,1-2H3,(H,21,23). The van der Waals surface area contributed by atoms with Gasteiger partial charge in [-0.05, 0) is 48.5 Å². The zero-order valence-corrected chi connectivity index (χ0v) is 13.7. The van der Waals surface area contributed by atoms with Gasteiger partial charge in [0.15, 0.2) is 0 Å². The minimum atomic E-state index is -0.342. The molecule has 0 saturated heterocycles. The lowest BCUT2D eigenvalue weighted by Gasteiger charge is -2.18. The van der Waals surface area contributed by atoms with Crippen molar-refractivity contribution in [1.29, 1.82) is 0 Å². The summed E-state index contributed by atoms with van der Waals surface area (Å²) in [7, 11) is 0. The first-order valence-corrected chi connectivity index (χ1v) is 7.96. The molecule has 2 aromatic rings. The van der Waals surface area contributed by atoms with Gasteiger partial charge >= 0.3 is 0 Å². The van der Waals surface area contributed by atoms with Crippen molar-refractivity contribution in [3.8, 4) is 0 Å². The molecule has 0 saturated carbocycles. The van der Waals surface area contributed by atoms with Gasteiger partial charge < -0.3 is 5.32 Å². The van der Waals surface area contributed by atoms with Gasteiger partial charge in [-0.25, -0.2) is 4.39 Å². The third-order valence-corrected chi connectivity index (χ3v) is 3.88. The normalized spacial score (nSPS) is 10.8. The Morgan fingerprint density at radius 2 is 1.52 bits per heavy atom. The van der Waals surface area contributed by atoms with Crippen LogP contribution >= 0.6 is 0 Å². The van der Waals surface area contributed by atoms with Crippen molar-refractivity contribution in [3.05, 3.63) is 71.0 Å². The first kappa shape index (κ1) is 17.2. The Kier molecular flexibility index (Phi) is 6.29. The molecule has 0 unspecified atom stereocenters. The van der Waals surface area contributed by atoms with Gasteiger partial charge in [-0.3, -0.25) is 9.69 Å². The summed E-state index contributed by atoms with van der Waals surface area (Å²) in [5.41, 5.74) is 2.77. The third-order valence-electron chi connectivity index (χ3n) is 3.88. The zero-order chi connectivity index (χ0) is 16.7. The van der Waals surface area contributed by atoms with E-state index in [2.05, 4.69) is 36.2 Å². The van der Waals surface area contributed by atoms with E-state index in [0.717, 1.165) is 25.2 Å². The number of nitrogens with zero attached hydrogens (tertiary/aromatic N) is 1. The highest BCUT2D eigenvalue weighted by Gasteiger charge is 2.06. The van der Waals surface area contributed by atoms with Crippen molar-refractivity contribution in [2.45, 2.75) is 26.9 Å². The number of halogens is 1. The Morgan fingerprint density at radius 1 is 0.957 bits per heavy atom. The number of hydrogen-bond acceptors (Lipinski definition) is 2. The molecule has 0 fully saturated rings. The lowest BCUT2D eigenvalue weighted by molar-refractivity contribution is 0.0951. The van der Waals surface area contributed by atoms with Crippen molar-refractivity contribution >= 4 is 5.91 Å². The van der Waals surface area contributed by atoms with Crippen LogP contribution in [0.1, 0.15) is 35.3 Å². The molecule has 3 nitrogen and oxygen atoms in total. The molecule has 0 aliphatic carbocycles. The SMILES string of the molecule is CCN(CC)Cc1ccc(CNC(=O)c2ccc(F)cc2)cc1. The second kappa shape index (κ2) is 8.44. The summed E-state index contributed by atoms with van der Waals surface area (Å²) in [5, 5.41) is 2.85. The number of rotatable bonds is 7. The maximum Gasteiger partial charge on any atom is 0.251 e. The van der Waals surface area contributed by atoms with Gasteiger partial charge in [0.25, 0.3) is 5.91 Å². The number of carbonyl (C=O) groups is 1. The molecule has 1 amide bonds. The summed E-state index contributed by atoms with van der Waals surface area (Å²) in [6, 6.07) is 13.8. The molecular weight excluding hydrogens is 291 g/mol. The number of benzene rings is 2. The first-order chi connectivity index (χ1) is 11.1. The molecule has 2 aromatic carbocycles. The van der Waals surface area contributed by atoms with Crippen LogP contribution in [0.2, 0.25) is 0 Å². The molecule has 0 heterocycles. The molecule has 0 aliphatic rings. The molecular formula is C19H23FN2O. The number of hydrogen-bond donors (Lipinski definition) is 1. The fraction of sp³-hybridized carbons (Fsp3) is 0.316. The van der Waals surface area contributed by atoms with E-state index < -0.39 is 0 Å². The number of nitrogens with one attached hydrogen (secondary N) is 1. The Labute approximate surface area is 137 Å². The average Bonchev–Trinajstić information content (AvgIpc) is 2.59. The molecule has 0 atom stereocenters. The van der Waals surface area contributed by atoms with Crippen LogP contribution in [-0.4, -0.2) is 23.9 Å². The maximum atomic E-state index is 12.8. The third kappa shape index (κ3) is 5.18. The van der Waals surface area contributed by atoms with Crippen LogP contribution in [0, 0.1) is 5.82 Å². The topological polar surface area (TPSA) is 32.3 Å². The first-order valence-electron chi connectivity index (χ1n) is 7.96. The molecule has 0 radical (unpaired) electrons. The molecule has 23 heavy (non-hydrogen) atoms. The van der Waals surface area contributed by atoms with E-state index in [1.165, 1.54) is 29.8 Å². The summed E-state index contributed by atoms with van der Waals surface area (Å²) in [6.07, 6.45) is 0. The van der Waals surface area contributed by atoms with E-state index in [0.29, 0.717) is 12.1 Å². The van der Waals surface area contributed by atoms with Crippen LogP contribution in [0.4, 0.5) is 4.39 Å². The van der Waals surface area contributed by atoms with Crippen LogP contribution in [0.3, 0.4) is 0 Å². The van der Waals surface area contributed by atoms with E-state index in [1.807, 2.05) is 12.1 Å². The van der Waals surface area contributed by atoms with Crippen LogP contribution in [-0.2, 0) is 13.1 Å². The Hall–Kier alpha value is -2.20. The van der Waals surface area contributed by atoms with E-state index in [4.69, 9.17) is 0 Å². The molecule has 0 aliphatic heterocycles. The fourth-order valence-corrected chi connectivity index (χ4v) is 2.35. The molecule has 0 spiro atoms. The van der Waals surface area contributed by atoms with Gasteiger partial charge in [0.2, 0.25) is 0 Å². The minimum absolute atomic E-state index is 0.197. The van der Waals surface area contributed by atoms with Crippen LogP contribution in [0.25, 0.3) is 0 Å². The van der Waals surface area contributed by atoms with Crippen LogP contribution < -0.4 is 5.32 Å². The monoisotopic (exact) mass is 314 g/mol. The maximum absolute atomic E-state index is 12.8. The summed E-state index contributed by atoms with van der Waals surface area (Å²) in [4.78, 5) is 14.3. The highest BCUT2D eigenvalue weighted by atomic mass is 19.1. The summed E-state index contributed by atoms with van der Waals surface area (Å²) in [6.45, 7) is 7.78. The van der Waals surface area contributed by atoms with Gasteiger partial charge in [-0.1, -0.05) is 38.1 Å². The van der Waals surface area contributed by atoms with Gasteiger partial charge in [-0.2, -0.15) is 0 Å². The van der Waals surface area contributed by atoms with E-state index in [9.17, 15) is 9.18 Å². The van der Waals surface area contributed by atoms with E-state index in [-0.39, 0.29) is 11.7 Å². The second-order valence-electron chi connectivity index (χ2n) is 5.47. The Morgan fingerprint density at radius 3 is 2.09 bits per heavy atom. The predicted molar refractivity (Wildman–Crippen MR) is 90.6 cm³/mol. The number of carbonyl (C=O) groups excluding carboxylic acids is 1. The molecule has 0 bridgehead atoms. The molecule has 1 N–H and O–H groups in total. The van der Waals surface area contributed by atoms with Crippen molar-refractivity contribution in [3.63, 3.8) is 0 Å². The van der Waals surface area contributed by atoms with Crippen molar-refractivity contribution in [2.24, 2.45) is 0 Å². The van der Waals surface area contributed by atoms with Gasteiger partial charge in [-0.15, -0.1) is 0 Å². The van der Waals surface area contributed by atoms with Gasteiger partial charge in [0.1, 0.15) is 5.82 Å². The average molecular weight is 314 g/mol. The highest BCUT2D eigenvalue weighted by molar-refractivity contribution is 5.94. The smallest absolute Gasteiger partial charge is 0.251 e. The summed E-state index contributed by atoms with van der Waals surface area (Å²) < 4.78 is 12.8. The van der Waals surface area contributed by atoms with Gasteiger partial charge in [0.05, 0.1) is 0 Å². The van der Waals surface area contributed by atoms with E-state index in [1.54, 1.807) is 0 Å². The van der Waals surface area contributed by atoms with Crippen LogP contribution in [0.15, 0.2) is 48.5 Å². The fourth-order valence-electron chi connectivity index (χ4n) is 2.35.